The number of rotatable bonds is 8. The molecule has 0 bridgehead atoms. The maximum absolute atomic E-state index is 12.9. The molecule has 0 radical (unpaired) electrons. The highest BCUT2D eigenvalue weighted by Crippen LogP contribution is 2.33. The van der Waals surface area contributed by atoms with Crippen molar-refractivity contribution in [3.8, 4) is 34.2 Å². The Morgan fingerprint density at radius 2 is 1.12 bits per heavy atom. The molecule has 52 heavy (non-hydrogen) atoms. The number of hydrogen-bond donors (Lipinski definition) is 0. The van der Waals surface area contributed by atoms with Crippen LogP contribution in [-0.4, -0.2) is 29.1 Å². The molecule has 0 saturated carbocycles. The SMILES string of the molecule is Brc1ccc(Cn2ccc3nc(CSc4ccccc4)nc-3c2)cc1.FC(F)(F)c1cccc(-c2nc3ccn(Cc4ccc(Br)cc4)cc-3n2)c1. The van der Waals surface area contributed by atoms with E-state index in [2.05, 4.69) is 117 Å². The Kier molecular flexibility index (Phi) is 10.9. The highest BCUT2D eigenvalue weighted by atomic mass is 79.9. The molecule has 8 rings (SSSR count). The summed E-state index contributed by atoms with van der Waals surface area (Å²) in [6.45, 7) is 1.49. The van der Waals surface area contributed by atoms with Crippen LogP contribution in [0.15, 0.2) is 154 Å². The normalized spacial score (nSPS) is 11.5. The molecule has 0 saturated heterocycles. The highest BCUT2D eigenvalue weighted by molar-refractivity contribution is 9.10. The van der Waals surface area contributed by atoms with Gasteiger partial charge in [0.1, 0.15) is 17.2 Å². The molecular weight excluding hydrogens is 813 g/mol. The summed E-state index contributed by atoms with van der Waals surface area (Å²) in [7, 11) is 0. The Bertz CT molecular complexity index is 2320. The van der Waals surface area contributed by atoms with Crippen LogP contribution >= 0.6 is 43.6 Å². The predicted molar refractivity (Wildman–Crippen MR) is 206 cm³/mol. The number of aromatic nitrogens is 6. The molecular formula is C40H29Br2F3N6S. The van der Waals surface area contributed by atoms with Crippen molar-refractivity contribution in [3.63, 3.8) is 0 Å². The second-order valence-corrected chi connectivity index (χ2v) is 14.8. The van der Waals surface area contributed by atoms with Crippen molar-refractivity contribution >= 4 is 43.6 Å². The summed E-state index contributed by atoms with van der Waals surface area (Å²) in [5, 5.41) is 0. The van der Waals surface area contributed by atoms with E-state index in [1.54, 1.807) is 17.8 Å². The van der Waals surface area contributed by atoms with Crippen LogP contribution in [0.25, 0.3) is 34.2 Å². The van der Waals surface area contributed by atoms with E-state index in [0.717, 1.165) is 56.2 Å². The van der Waals surface area contributed by atoms with Gasteiger partial charge in [-0.1, -0.05) is 86.5 Å². The molecule has 0 amide bonds. The Hall–Kier alpha value is -4.78. The van der Waals surface area contributed by atoms with Crippen LogP contribution in [0.3, 0.4) is 0 Å². The molecule has 4 aromatic rings. The van der Waals surface area contributed by atoms with E-state index in [1.165, 1.54) is 16.5 Å². The van der Waals surface area contributed by atoms with E-state index in [9.17, 15) is 13.2 Å². The van der Waals surface area contributed by atoms with Gasteiger partial charge in [0.2, 0.25) is 0 Å². The van der Waals surface area contributed by atoms with Crippen molar-refractivity contribution in [2.24, 2.45) is 0 Å². The van der Waals surface area contributed by atoms with Gasteiger partial charge in [0.05, 0.1) is 22.7 Å². The first-order chi connectivity index (χ1) is 25.1. The number of imidazole rings is 2. The standard InChI is InChI=1S/C20H13BrF3N3.C20H16BrN3S/c21-16-6-4-13(5-7-16)11-27-9-8-17-18(12-27)26-19(25-17)14-2-1-3-15(10-14)20(22,23)24;21-16-8-6-15(7-9-16)12-24-11-10-18-19(13-24)23-20(22-18)14-25-17-4-2-1-3-5-17/h1-10,12H,11H2;1-11,13H,12,14H2. The minimum atomic E-state index is -4.39. The van der Waals surface area contributed by atoms with Gasteiger partial charge < -0.3 is 9.13 Å². The molecule has 6 nitrogen and oxygen atoms in total. The molecule has 0 aromatic heterocycles. The van der Waals surface area contributed by atoms with Crippen LogP contribution in [0.1, 0.15) is 22.5 Å². The molecule has 0 aliphatic carbocycles. The lowest BCUT2D eigenvalue weighted by molar-refractivity contribution is -0.137. The first-order valence-corrected chi connectivity index (χ1v) is 18.7. The Balaban J connectivity index is 0.000000162. The largest absolute Gasteiger partial charge is 0.416 e. The molecule has 0 atom stereocenters. The lowest BCUT2D eigenvalue weighted by Gasteiger charge is -2.08. The Labute approximate surface area is 319 Å². The molecule has 0 spiro atoms. The van der Waals surface area contributed by atoms with Crippen LogP contribution < -0.4 is 0 Å². The van der Waals surface area contributed by atoms with Crippen molar-refractivity contribution in [2.75, 3.05) is 0 Å². The second kappa shape index (κ2) is 15.9. The fourth-order valence-corrected chi connectivity index (χ4v) is 6.75. The molecule has 260 valence electrons. The maximum Gasteiger partial charge on any atom is 0.416 e. The van der Waals surface area contributed by atoms with Gasteiger partial charge in [0.15, 0.2) is 5.82 Å². The molecule has 4 aliphatic heterocycles. The number of nitrogens with zero attached hydrogens (tertiary/aromatic N) is 6. The summed E-state index contributed by atoms with van der Waals surface area (Å²) >= 11 is 8.64. The summed E-state index contributed by atoms with van der Waals surface area (Å²) in [5.41, 5.74) is 5.21. The van der Waals surface area contributed by atoms with Gasteiger partial charge in [0.25, 0.3) is 0 Å². The van der Waals surface area contributed by atoms with E-state index in [0.29, 0.717) is 23.5 Å². The van der Waals surface area contributed by atoms with E-state index >= 15 is 0 Å². The summed E-state index contributed by atoms with van der Waals surface area (Å²) in [6.07, 6.45) is 3.47. The lowest BCUT2D eigenvalue weighted by Crippen LogP contribution is -2.04. The van der Waals surface area contributed by atoms with Crippen LogP contribution in [0.5, 0.6) is 0 Å². The zero-order chi connectivity index (χ0) is 36.1. The predicted octanol–water partition coefficient (Wildman–Crippen LogP) is 11.4. The zero-order valence-corrected chi connectivity index (χ0v) is 31.4. The van der Waals surface area contributed by atoms with Gasteiger partial charge in [-0.05, 0) is 71.8 Å². The average Bonchev–Trinajstić information content (AvgIpc) is 3.77. The first-order valence-electron chi connectivity index (χ1n) is 16.1. The third-order valence-corrected chi connectivity index (χ3v) is 10.1. The van der Waals surface area contributed by atoms with Gasteiger partial charge in [-0.3, -0.25) is 0 Å². The van der Waals surface area contributed by atoms with Gasteiger partial charge >= 0.3 is 6.18 Å². The fourth-order valence-electron chi connectivity index (χ4n) is 5.44. The van der Waals surface area contributed by atoms with Crippen molar-refractivity contribution in [2.45, 2.75) is 29.9 Å². The average molecular weight is 843 g/mol. The Morgan fingerprint density at radius 1 is 0.577 bits per heavy atom. The summed E-state index contributed by atoms with van der Waals surface area (Å²) < 4.78 is 45.0. The zero-order valence-electron chi connectivity index (χ0n) is 27.4. The summed E-state index contributed by atoms with van der Waals surface area (Å²) in [4.78, 5) is 19.3. The van der Waals surface area contributed by atoms with E-state index in [1.807, 2.05) is 59.4 Å². The van der Waals surface area contributed by atoms with Gasteiger partial charge in [-0.2, -0.15) is 13.2 Å². The molecule has 4 heterocycles. The third kappa shape index (κ3) is 9.17. The fraction of sp³-hybridized carbons (Fsp3) is 0.100. The molecule has 0 fully saturated rings. The van der Waals surface area contributed by atoms with E-state index in [4.69, 9.17) is 0 Å². The van der Waals surface area contributed by atoms with Gasteiger partial charge in [0, 0.05) is 57.3 Å². The minimum Gasteiger partial charge on any atom is -0.348 e. The number of hydrogen-bond acceptors (Lipinski definition) is 5. The van der Waals surface area contributed by atoms with Gasteiger partial charge in [-0.25, -0.2) is 19.9 Å². The second-order valence-electron chi connectivity index (χ2n) is 11.9. The minimum absolute atomic E-state index is 0.289. The molecule has 0 unspecified atom stereocenters. The monoisotopic (exact) mass is 840 g/mol. The summed E-state index contributed by atoms with van der Waals surface area (Å²) in [6, 6.07) is 35.6. The van der Waals surface area contributed by atoms with Crippen LogP contribution in [0.4, 0.5) is 13.2 Å². The van der Waals surface area contributed by atoms with Crippen molar-refractivity contribution in [3.05, 3.63) is 172 Å². The number of halogens is 5. The Morgan fingerprint density at radius 3 is 1.71 bits per heavy atom. The van der Waals surface area contributed by atoms with E-state index < -0.39 is 11.7 Å². The number of alkyl halides is 3. The number of pyridine rings is 2. The summed E-state index contributed by atoms with van der Waals surface area (Å²) in [5.74, 6) is 1.95. The molecule has 4 aromatic carbocycles. The topological polar surface area (TPSA) is 61.4 Å². The lowest BCUT2D eigenvalue weighted by atomic mass is 10.1. The quantitative estimate of drug-likeness (QED) is 0.143. The molecule has 4 aliphatic rings. The van der Waals surface area contributed by atoms with Crippen molar-refractivity contribution in [1.82, 2.24) is 29.1 Å². The number of thioether (sulfide) groups is 1. The first kappa shape index (κ1) is 35.6. The van der Waals surface area contributed by atoms with Crippen molar-refractivity contribution < 1.29 is 13.2 Å². The van der Waals surface area contributed by atoms with Crippen LogP contribution in [0.2, 0.25) is 0 Å². The van der Waals surface area contributed by atoms with Crippen LogP contribution in [0, 0.1) is 0 Å². The molecule has 12 heteroatoms. The van der Waals surface area contributed by atoms with E-state index in [-0.39, 0.29) is 5.82 Å². The number of benzene rings is 4. The van der Waals surface area contributed by atoms with Crippen LogP contribution in [-0.2, 0) is 25.0 Å². The highest BCUT2D eigenvalue weighted by Gasteiger charge is 2.30. The van der Waals surface area contributed by atoms with Crippen molar-refractivity contribution in [1.29, 1.82) is 0 Å². The maximum atomic E-state index is 12.9. The smallest absolute Gasteiger partial charge is 0.348 e. The molecule has 0 N–H and O–H groups in total. The van der Waals surface area contributed by atoms with Gasteiger partial charge in [-0.15, -0.1) is 11.8 Å². The third-order valence-electron chi connectivity index (χ3n) is 8.02. The number of fused-ring (bicyclic) bond motifs is 2.